The number of thiazole rings is 1. The molecule has 3 unspecified atom stereocenters. The third-order valence-corrected chi connectivity index (χ3v) is 10.7. The first-order chi connectivity index (χ1) is 17.4. The molecular weight excluding hydrogens is 498 g/mol. The van der Waals surface area contributed by atoms with Gasteiger partial charge in [0.2, 0.25) is 16.8 Å². The van der Waals surface area contributed by atoms with Gasteiger partial charge in [0.15, 0.2) is 0 Å². The smallest absolute Gasteiger partial charge is 0.368 e. The van der Waals surface area contributed by atoms with E-state index in [1.165, 1.54) is 24.2 Å². The maximum atomic E-state index is 13.0. The standard InChI is InChI=1S/C26H25N3O5S2/c30-21-5-4-19(22(31)28-21)29-10-18-17(24(29)32)2-1-3-20(18)35-11-16-12-36-23(27-16)25(33)34-26-8-13-6-15(26)7-14(13)9-26/h1-3,12-15,19H,4-11H2,(H,28,30,31). The van der Waals surface area contributed by atoms with E-state index in [1.807, 2.05) is 17.5 Å². The van der Waals surface area contributed by atoms with Crippen molar-refractivity contribution in [3.8, 4) is 0 Å². The molecule has 1 saturated heterocycles. The molecule has 8 nitrogen and oxygen atoms in total. The summed E-state index contributed by atoms with van der Waals surface area (Å²) in [5, 5.41) is 4.65. The van der Waals surface area contributed by atoms with Crippen molar-refractivity contribution < 1.29 is 23.9 Å². The van der Waals surface area contributed by atoms with Crippen molar-refractivity contribution in [3.05, 3.63) is 45.4 Å². The van der Waals surface area contributed by atoms with Crippen molar-refractivity contribution in [2.45, 2.75) is 67.4 Å². The lowest BCUT2D eigenvalue weighted by atomic mass is 9.95. The van der Waals surface area contributed by atoms with Gasteiger partial charge >= 0.3 is 5.97 Å². The molecule has 2 aliphatic heterocycles. The molecule has 0 radical (unpaired) electrons. The number of rotatable bonds is 6. The predicted molar refractivity (Wildman–Crippen MR) is 131 cm³/mol. The molecule has 3 heterocycles. The highest BCUT2D eigenvalue weighted by Gasteiger charge is 2.65. The minimum atomic E-state index is -0.632. The van der Waals surface area contributed by atoms with E-state index in [-0.39, 0.29) is 29.8 Å². The van der Waals surface area contributed by atoms with Gasteiger partial charge in [-0.1, -0.05) is 6.07 Å². The summed E-state index contributed by atoms with van der Waals surface area (Å²) in [6, 6.07) is 4.96. The molecule has 4 saturated carbocycles. The zero-order chi connectivity index (χ0) is 24.6. The van der Waals surface area contributed by atoms with Crippen LogP contribution in [0, 0.1) is 17.8 Å². The molecule has 1 aromatic heterocycles. The number of ether oxygens (including phenoxy) is 1. The van der Waals surface area contributed by atoms with Crippen LogP contribution in [0.5, 0.6) is 0 Å². The van der Waals surface area contributed by atoms with Crippen molar-refractivity contribution in [3.63, 3.8) is 0 Å². The second kappa shape index (κ2) is 8.14. The van der Waals surface area contributed by atoms with Crippen molar-refractivity contribution in [1.82, 2.24) is 15.2 Å². The third kappa shape index (κ3) is 3.44. The first-order valence-corrected chi connectivity index (χ1v) is 14.3. The number of hydrogen-bond donors (Lipinski definition) is 1. The molecule has 186 valence electrons. The number of hydrogen-bond acceptors (Lipinski definition) is 8. The highest BCUT2D eigenvalue weighted by molar-refractivity contribution is 7.98. The number of nitrogens with one attached hydrogen (secondary N) is 1. The summed E-state index contributed by atoms with van der Waals surface area (Å²) in [6.45, 7) is 0.337. The molecule has 0 spiro atoms. The number of piperidine rings is 1. The third-order valence-electron chi connectivity index (χ3n) is 8.74. The fraction of sp³-hybridized carbons (Fsp3) is 0.500. The van der Waals surface area contributed by atoms with E-state index < -0.39 is 11.9 Å². The first kappa shape index (κ1) is 22.5. The molecule has 2 aromatic rings. The van der Waals surface area contributed by atoms with Crippen LogP contribution in [0.25, 0.3) is 0 Å². The average molecular weight is 524 g/mol. The Morgan fingerprint density at radius 1 is 1.22 bits per heavy atom. The average Bonchev–Trinajstić information content (AvgIpc) is 3.67. The second-order valence-corrected chi connectivity index (χ2v) is 12.5. The van der Waals surface area contributed by atoms with Gasteiger partial charge < -0.3 is 9.64 Å². The van der Waals surface area contributed by atoms with Gasteiger partial charge in [-0.05, 0) is 67.6 Å². The van der Waals surface area contributed by atoms with Crippen LogP contribution in [-0.4, -0.2) is 45.2 Å². The molecule has 4 bridgehead atoms. The van der Waals surface area contributed by atoms with E-state index >= 15 is 0 Å². The number of aromatic nitrogens is 1. The van der Waals surface area contributed by atoms with E-state index in [4.69, 9.17) is 4.74 Å². The van der Waals surface area contributed by atoms with Crippen LogP contribution in [0.15, 0.2) is 28.5 Å². The van der Waals surface area contributed by atoms with Crippen LogP contribution in [0.3, 0.4) is 0 Å². The van der Waals surface area contributed by atoms with Crippen molar-refractivity contribution in [2.24, 2.45) is 17.8 Å². The monoisotopic (exact) mass is 523 g/mol. The van der Waals surface area contributed by atoms with E-state index in [2.05, 4.69) is 10.3 Å². The normalized spacial score (nSPS) is 31.9. The van der Waals surface area contributed by atoms with Crippen molar-refractivity contribution >= 4 is 46.8 Å². The molecule has 10 heteroatoms. The summed E-state index contributed by atoms with van der Waals surface area (Å²) >= 11 is 2.89. The highest BCUT2D eigenvalue weighted by atomic mass is 32.2. The fourth-order valence-electron chi connectivity index (χ4n) is 7.15. The van der Waals surface area contributed by atoms with Crippen LogP contribution in [0.4, 0.5) is 0 Å². The summed E-state index contributed by atoms with van der Waals surface area (Å²) in [5.74, 6) is 1.41. The number of imide groups is 1. The first-order valence-electron chi connectivity index (χ1n) is 12.5. The summed E-state index contributed by atoms with van der Waals surface area (Å²) < 4.78 is 6.07. The van der Waals surface area contributed by atoms with E-state index in [1.54, 1.807) is 22.7 Å². The van der Waals surface area contributed by atoms with Crippen LogP contribution in [0.2, 0.25) is 0 Å². The maximum absolute atomic E-state index is 13.0. The van der Waals surface area contributed by atoms with Gasteiger partial charge in [-0.15, -0.1) is 23.1 Å². The zero-order valence-corrected chi connectivity index (χ0v) is 21.2. The number of carbonyl (C=O) groups excluding carboxylic acids is 4. The number of benzene rings is 1. The molecule has 8 rings (SSSR count). The Morgan fingerprint density at radius 2 is 2.03 bits per heavy atom. The number of amides is 3. The van der Waals surface area contributed by atoms with Crippen molar-refractivity contribution in [2.75, 3.05) is 0 Å². The van der Waals surface area contributed by atoms with Crippen molar-refractivity contribution in [1.29, 1.82) is 0 Å². The molecule has 4 aliphatic carbocycles. The molecule has 1 aromatic carbocycles. The van der Waals surface area contributed by atoms with Crippen LogP contribution in [0.1, 0.15) is 69.9 Å². The number of nitrogens with zero attached hydrogens (tertiary/aromatic N) is 2. The molecule has 5 fully saturated rings. The quantitative estimate of drug-likeness (QED) is 0.351. The summed E-state index contributed by atoms with van der Waals surface area (Å²) in [7, 11) is 0. The van der Waals surface area contributed by atoms with Gasteiger partial charge in [0.25, 0.3) is 5.91 Å². The van der Waals surface area contributed by atoms with Gasteiger partial charge in [-0.3, -0.25) is 19.7 Å². The second-order valence-electron chi connectivity index (χ2n) is 10.7. The van der Waals surface area contributed by atoms with Crippen LogP contribution in [-0.2, 0) is 26.6 Å². The van der Waals surface area contributed by atoms with E-state index in [0.717, 1.165) is 40.8 Å². The van der Waals surface area contributed by atoms with Gasteiger partial charge in [0.05, 0.1) is 5.69 Å². The topological polar surface area (TPSA) is 106 Å². The molecule has 1 N–H and O–H groups in total. The van der Waals surface area contributed by atoms with Gasteiger partial charge in [-0.2, -0.15) is 0 Å². The molecular formula is C26H25N3O5S2. The SMILES string of the molecule is O=C1CCC(N2Cc3c(SCc4csc(C(=O)OC56CC7CC5CC7C6)n4)cccc3C2=O)C(=O)N1. The van der Waals surface area contributed by atoms with E-state index in [9.17, 15) is 19.2 Å². The Morgan fingerprint density at radius 3 is 2.75 bits per heavy atom. The predicted octanol–water partition coefficient (Wildman–Crippen LogP) is 3.54. The lowest BCUT2D eigenvalue weighted by molar-refractivity contribution is -0.136. The Kier molecular flexibility index (Phi) is 5.08. The summed E-state index contributed by atoms with van der Waals surface area (Å²) in [6.07, 6.45) is 5.04. The van der Waals surface area contributed by atoms with Gasteiger partial charge in [-0.25, -0.2) is 9.78 Å². The van der Waals surface area contributed by atoms with E-state index in [0.29, 0.717) is 35.2 Å². The lowest BCUT2D eigenvalue weighted by Gasteiger charge is -2.29. The van der Waals surface area contributed by atoms with Gasteiger partial charge in [0, 0.05) is 34.6 Å². The zero-order valence-electron chi connectivity index (χ0n) is 19.5. The Labute approximate surface area is 216 Å². The minimum Gasteiger partial charge on any atom is -0.453 e. The maximum Gasteiger partial charge on any atom is 0.368 e. The highest BCUT2D eigenvalue weighted by Crippen LogP contribution is 2.66. The number of esters is 1. The number of fused-ring (bicyclic) bond motifs is 1. The summed E-state index contributed by atoms with van der Waals surface area (Å²) in [4.78, 5) is 56.8. The molecule has 3 amide bonds. The molecule has 3 atom stereocenters. The lowest BCUT2D eigenvalue weighted by Crippen LogP contribution is -2.52. The van der Waals surface area contributed by atoms with Crippen LogP contribution < -0.4 is 5.32 Å². The molecule has 36 heavy (non-hydrogen) atoms. The minimum absolute atomic E-state index is 0.181. The largest absolute Gasteiger partial charge is 0.453 e. The molecule has 6 aliphatic rings. The number of carbonyl (C=O) groups is 4. The summed E-state index contributed by atoms with van der Waals surface area (Å²) in [5.41, 5.74) is 2.05. The van der Waals surface area contributed by atoms with Crippen LogP contribution >= 0.6 is 23.1 Å². The Hall–Kier alpha value is -2.72. The fourth-order valence-corrected chi connectivity index (χ4v) is 8.92. The Bertz CT molecular complexity index is 1310. The van der Waals surface area contributed by atoms with Gasteiger partial charge in [0.1, 0.15) is 11.6 Å². The number of thioether (sulfide) groups is 1. The Balaban J connectivity index is 1.02.